The summed E-state index contributed by atoms with van der Waals surface area (Å²) in [4.78, 5) is 14.4. The molecule has 1 amide bonds. The first-order valence-corrected chi connectivity index (χ1v) is 8.87. The third-order valence-electron chi connectivity index (χ3n) is 4.76. The van der Waals surface area contributed by atoms with Crippen molar-refractivity contribution in [3.63, 3.8) is 0 Å². The quantitative estimate of drug-likeness (QED) is 0.901. The van der Waals surface area contributed by atoms with Gasteiger partial charge in [0.1, 0.15) is 6.10 Å². The van der Waals surface area contributed by atoms with Crippen LogP contribution in [0.25, 0.3) is 0 Å². The molecule has 1 atom stereocenters. The van der Waals surface area contributed by atoms with Crippen LogP contribution in [0.3, 0.4) is 0 Å². The number of alkyl carbamates (subject to hydrolysis) is 1. The average molecular weight is 338 g/mol. The van der Waals surface area contributed by atoms with E-state index in [0.29, 0.717) is 6.54 Å². The lowest BCUT2D eigenvalue weighted by atomic mass is 10.1. The largest absolute Gasteiger partial charge is 0.445 e. The molecule has 0 radical (unpaired) electrons. The molecule has 25 heavy (non-hydrogen) atoms. The van der Waals surface area contributed by atoms with Gasteiger partial charge in [0.05, 0.1) is 0 Å². The van der Waals surface area contributed by atoms with E-state index in [-0.39, 0.29) is 12.2 Å². The second-order valence-corrected chi connectivity index (χ2v) is 6.81. The molecule has 0 aromatic heterocycles. The van der Waals surface area contributed by atoms with Crippen molar-refractivity contribution in [2.45, 2.75) is 39.5 Å². The highest BCUT2D eigenvalue weighted by Crippen LogP contribution is 2.16. The lowest BCUT2D eigenvalue weighted by Crippen LogP contribution is -2.30. The lowest BCUT2D eigenvalue weighted by molar-refractivity contribution is 0.0996. The Morgan fingerprint density at radius 3 is 2.68 bits per heavy atom. The van der Waals surface area contributed by atoms with E-state index in [4.69, 9.17) is 4.74 Å². The maximum absolute atomic E-state index is 12.0. The van der Waals surface area contributed by atoms with Gasteiger partial charge < -0.3 is 10.1 Å². The molecular formula is C21H26N2O2. The Balaban J connectivity index is 1.42. The van der Waals surface area contributed by atoms with Crippen LogP contribution in [-0.2, 0) is 17.8 Å². The van der Waals surface area contributed by atoms with Crippen LogP contribution in [0.5, 0.6) is 0 Å². The fourth-order valence-electron chi connectivity index (χ4n) is 3.16. The monoisotopic (exact) mass is 338 g/mol. The summed E-state index contributed by atoms with van der Waals surface area (Å²) in [5, 5.41) is 2.86. The van der Waals surface area contributed by atoms with Crippen molar-refractivity contribution in [3.8, 4) is 0 Å². The van der Waals surface area contributed by atoms with Gasteiger partial charge in [0.2, 0.25) is 0 Å². The highest BCUT2D eigenvalue weighted by Gasteiger charge is 2.25. The van der Waals surface area contributed by atoms with E-state index in [1.807, 2.05) is 12.1 Å². The fraction of sp³-hybridized carbons (Fsp3) is 0.381. The summed E-state index contributed by atoms with van der Waals surface area (Å²) >= 11 is 0. The van der Waals surface area contributed by atoms with Gasteiger partial charge in [-0.1, -0.05) is 48.5 Å². The van der Waals surface area contributed by atoms with E-state index in [0.717, 1.165) is 31.6 Å². The third kappa shape index (κ3) is 5.07. The molecule has 4 heteroatoms. The SMILES string of the molecule is Cc1ccc(CNC(=O)OC2CCN(Cc3ccccc3)C2)cc1C. The van der Waals surface area contributed by atoms with Crippen molar-refractivity contribution in [1.82, 2.24) is 10.2 Å². The Kier molecular flexibility index (Phi) is 5.71. The summed E-state index contributed by atoms with van der Waals surface area (Å²) in [5.74, 6) is 0. The van der Waals surface area contributed by atoms with Gasteiger partial charge >= 0.3 is 6.09 Å². The summed E-state index contributed by atoms with van der Waals surface area (Å²) < 4.78 is 5.56. The highest BCUT2D eigenvalue weighted by molar-refractivity contribution is 5.67. The topological polar surface area (TPSA) is 41.6 Å². The molecule has 1 aliphatic heterocycles. The molecule has 0 bridgehead atoms. The average Bonchev–Trinajstić information content (AvgIpc) is 3.03. The Morgan fingerprint density at radius 1 is 1.12 bits per heavy atom. The Bertz CT molecular complexity index is 715. The van der Waals surface area contributed by atoms with Crippen molar-refractivity contribution in [2.75, 3.05) is 13.1 Å². The summed E-state index contributed by atoms with van der Waals surface area (Å²) in [6, 6.07) is 16.6. The van der Waals surface area contributed by atoms with E-state index in [1.54, 1.807) is 0 Å². The van der Waals surface area contributed by atoms with Crippen molar-refractivity contribution in [3.05, 3.63) is 70.8 Å². The summed E-state index contributed by atoms with van der Waals surface area (Å²) in [5.41, 5.74) is 4.88. The second-order valence-electron chi connectivity index (χ2n) is 6.81. The Morgan fingerprint density at radius 2 is 1.92 bits per heavy atom. The molecule has 0 saturated carbocycles. The Labute approximate surface area is 149 Å². The molecular weight excluding hydrogens is 312 g/mol. The van der Waals surface area contributed by atoms with Gasteiger partial charge in [-0.15, -0.1) is 0 Å². The standard InChI is InChI=1S/C21H26N2O2/c1-16-8-9-19(12-17(16)2)13-22-21(24)25-20-10-11-23(15-20)14-18-6-4-3-5-7-18/h3-9,12,20H,10-11,13-15H2,1-2H3,(H,22,24). The number of likely N-dealkylation sites (tertiary alicyclic amines) is 1. The van der Waals surface area contributed by atoms with Crippen molar-refractivity contribution < 1.29 is 9.53 Å². The van der Waals surface area contributed by atoms with Gasteiger partial charge in [-0.05, 0) is 42.5 Å². The van der Waals surface area contributed by atoms with Crippen molar-refractivity contribution >= 4 is 6.09 Å². The zero-order valence-corrected chi connectivity index (χ0v) is 15.0. The number of benzene rings is 2. The number of aryl methyl sites for hydroxylation is 2. The van der Waals surface area contributed by atoms with Crippen LogP contribution in [0.15, 0.2) is 48.5 Å². The van der Waals surface area contributed by atoms with Crippen LogP contribution >= 0.6 is 0 Å². The van der Waals surface area contributed by atoms with Crippen LogP contribution in [0.4, 0.5) is 4.79 Å². The van der Waals surface area contributed by atoms with Gasteiger partial charge in [-0.3, -0.25) is 4.90 Å². The minimum atomic E-state index is -0.329. The van der Waals surface area contributed by atoms with Gasteiger partial charge in [-0.2, -0.15) is 0 Å². The number of nitrogens with zero attached hydrogens (tertiary/aromatic N) is 1. The number of carbonyl (C=O) groups excluding carboxylic acids is 1. The number of hydrogen-bond acceptors (Lipinski definition) is 3. The summed E-state index contributed by atoms with van der Waals surface area (Å²) in [6.45, 7) is 7.33. The van der Waals surface area contributed by atoms with Gasteiger partial charge in [-0.25, -0.2) is 4.79 Å². The zero-order chi connectivity index (χ0) is 17.6. The molecule has 1 saturated heterocycles. The van der Waals surface area contributed by atoms with Crippen LogP contribution in [0.1, 0.15) is 28.7 Å². The van der Waals surface area contributed by atoms with E-state index >= 15 is 0 Å². The predicted octanol–water partition coefficient (Wildman–Crippen LogP) is 3.80. The zero-order valence-electron chi connectivity index (χ0n) is 15.0. The maximum Gasteiger partial charge on any atom is 0.407 e. The highest BCUT2D eigenvalue weighted by atomic mass is 16.6. The van der Waals surface area contributed by atoms with Crippen LogP contribution < -0.4 is 5.32 Å². The minimum Gasteiger partial charge on any atom is -0.445 e. The van der Waals surface area contributed by atoms with Gasteiger partial charge in [0, 0.05) is 26.2 Å². The van der Waals surface area contributed by atoms with Gasteiger partial charge in [0.15, 0.2) is 0 Å². The normalized spacial score (nSPS) is 17.4. The van der Waals surface area contributed by atoms with Crippen molar-refractivity contribution in [2.24, 2.45) is 0 Å². The van der Waals surface area contributed by atoms with Gasteiger partial charge in [0.25, 0.3) is 0 Å². The van der Waals surface area contributed by atoms with E-state index in [1.165, 1.54) is 16.7 Å². The molecule has 1 N–H and O–H groups in total. The molecule has 3 rings (SSSR count). The molecule has 2 aromatic carbocycles. The Hall–Kier alpha value is -2.33. The van der Waals surface area contributed by atoms with Crippen molar-refractivity contribution in [1.29, 1.82) is 0 Å². The molecule has 1 heterocycles. The van der Waals surface area contributed by atoms with Crippen LogP contribution in [0.2, 0.25) is 0 Å². The summed E-state index contributed by atoms with van der Waals surface area (Å²) in [7, 11) is 0. The number of nitrogens with one attached hydrogen (secondary N) is 1. The molecule has 1 unspecified atom stereocenters. The van der Waals surface area contributed by atoms with Crippen LogP contribution in [0, 0.1) is 13.8 Å². The molecule has 2 aromatic rings. The fourth-order valence-corrected chi connectivity index (χ4v) is 3.16. The number of hydrogen-bond donors (Lipinski definition) is 1. The summed E-state index contributed by atoms with van der Waals surface area (Å²) in [6.07, 6.45) is 0.539. The number of ether oxygens (including phenoxy) is 1. The molecule has 0 aliphatic carbocycles. The molecule has 4 nitrogen and oxygen atoms in total. The number of rotatable bonds is 5. The minimum absolute atomic E-state index is 0.0246. The third-order valence-corrected chi connectivity index (χ3v) is 4.76. The molecule has 1 fully saturated rings. The molecule has 1 aliphatic rings. The van der Waals surface area contributed by atoms with E-state index in [9.17, 15) is 4.79 Å². The smallest absolute Gasteiger partial charge is 0.407 e. The maximum atomic E-state index is 12.0. The molecule has 0 spiro atoms. The second kappa shape index (κ2) is 8.17. The first-order valence-electron chi connectivity index (χ1n) is 8.87. The van der Waals surface area contributed by atoms with E-state index < -0.39 is 0 Å². The first-order chi connectivity index (χ1) is 12.1. The lowest BCUT2D eigenvalue weighted by Gasteiger charge is -2.16. The number of carbonyl (C=O) groups is 1. The first kappa shape index (κ1) is 17.5. The van der Waals surface area contributed by atoms with E-state index in [2.05, 4.69) is 60.5 Å². The van der Waals surface area contributed by atoms with Crippen LogP contribution in [-0.4, -0.2) is 30.2 Å². The number of amides is 1. The molecule has 132 valence electrons. The predicted molar refractivity (Wildman–Crippen MR) is 99.4 cm³/mol.